The van der Waals surface area contributed by atoms with Gasteiger partial charge in [-0.05, 0) is 60.9 Å². The predicted molar refractivity (Wildman–Crippen MR) is 129 cm³/mol. The first-order valence-corrected chi connectivity index (χ1v) is 13.3. The number of nitrogens with zero attached hydrogens (tertiary/aromatic N) is 2. The second-order valence-electron chi connectivity index (χ2n) is 8.91. The Labute approximate surface area is 217 Å². The highest BCUT2D eigenvalue weighted by atomic mass is 32.2. The molecule has 0 spiro atoms. The van der Waals surface area contributed by atoms with Crippen LogP contribution in [0, 0.1) is 5.82 Å². The van der Waals surface area contributed by atoms with Crippen LogP contribution in [0.3, 0.4) is 0 Å². The highest BCUT2D eigenvalue weighted by molar-refractivity contribution is 7.89. The highest BCUT2D eigenvalue weighted by Crippen LogP contribution is 2.31. The molecule has 38 heavy (non-hydrogen) atoms. The van der Waals surface area contributed by atoms with Crippen molar-refractivity contribution in [3.63, 3.8) is 0 Å². The number of sulfonamides is 1. The lowest BCUT2D eigenvalue weighted by molar-refractivity contribution is -0.137. The Morgan fingerprint density at radius 3 is 2.42 bits per heavy atom. The van der Waals surface area contributed by atoms with Gasteiger partial charge in [0.15, 0.2) is 0 Å². The summed E-state index contributed by atoms with van der Waals surface area (Å²) in [4.78, 5) is 14.3. The first-order valence-electron chi connectivity index (χ1n) is 11.9. The molecule has 0 saturated carbocycles. The molecule has 1 aromatic heterocycles. The lowest BCUT2D eigenvalue weighted by atomic mass is 10.2. The Morgan fingerprint density at radius 2 is 1.79 bits per heavy atom. The molecule has 1 aliphatic heterocycles. The quantitative estimate of drug-likeness (QED) is 0.335. The number of rotatable bonds is 10. The van der Waals surface area contributed by atoms with E-state index in [1.54, 1.807) is 12.1 Å². The Hall–Kier alpha value is -3.22. The van der Waals surface area contributed by atoms with Crippen molar-refractivity contribution in [3.05, 3.63) is 89.6 Å². The van der Waals surface area contributed by atoms with Crippen molar-refractivity contribution in [1.29, 1.82) is 0 Å². The van der Waals surface area contributed by atoms with E-state index in [2.05, 4.69) is 0 Å². The monoisotopic (exact) mass is 554 g/mol. The van der Waals surface area contributed by atoms with Crippen molar-refractivity contribution >= 4 is 15.9 Å². The number of furan rings is 1. The summed E-state index contributed by atoms with van der Waals surface area (Å²) in [6.45, 7) is -0.390. The molecule has 3 aromatic rings. The van der Waals surface area contributed by atoms with Crippen LogP contribution in [0.5, 0.6) is 0 Å². The largest absolute Gasteiger partial charge is 0.467 e. The maximum absolute atomic E-state index is 13.5. The smallest absolute Gasteiger partial charge is 0.416 e. The SMILES string of the molecule is O=C(CN(CC1CCCO1)S(=O)(=O)c1cccc(C(F)(F)F)c1)N(Cc1ccc(F)cc1)Cc1ccco1. The number of amides is 1. The van der Waals surface area contributed by atoms with Gasteiger partial charge in [0.2, 0.25) is 15.9 Å². The predicted octanol–water partition coefficient (Wildman–Crippen LogP) is 4.84. The molecule has 2 heterocycles. The molecule has 0 aliphatic carbocycles. The number of benzene rings is 2. The van der Waals surface area contributed by atoms with Crippen molar-refractivity contribution < 1.29 is 39.9 Å². The summed E-state index contributed by atoms with van der Waals surface area (Å²) in [5, 5.41) is 0. The van der Waals surface area contributed by atoms with E-state index in [9.17, 15) is 30.8 Å². The first kappa shape index (κ1) is 27.8. The fourth-order valence-electron chi connectivity index (χ4n) is 4.13. The highest BCUT2D eigenvalue weighted by Gasteiger charge is 2.35. The van der Waals surface area contributed by atoms with E-state index in [-0.39, 0.29) is 19.6 Å². The fourth-order valence-corrected chi connectivity index (χ4v) is 5.60. The number of hydrogen-bond donors (Lipinski definition) is 0. The standard InChI is InChI=1S/C26H26F4N2O5S/c27-21-10-8-19(9-11-21)15-31(16-22-5-2-12-36-22)25(33)18-32(17-23-6-3-13-37-23)38(34,35)24-7-1-4-20(14-24)26(28,29)30/h1-2,4-5,7-12,14,23H,3,6,13,15-18H2. The minimum absolute atomic E-state index is 0.000580. The summed E-state index contributed by atoms with van der Waals surface area (Å²) in [5.41, 5.74) is -0.518. The summed E-state index contributed by atoms with van der Waals surface area (Å²) in [6, 6.07) is 12.2. The molecular weight excluding hydrogens is 528 g/mol. The Bertz CT molecular complexity index is 1320. The first-order chi connectivity index (χ1) is 18.0. The van der Waals surface area contributed by atoms with E-state index >= 15 is 0 Å². The number of hydrogen-bond acceptors (Lipinski definition) is 5. The van der Waals surface area contributed by atoms with Gasteiger partial charge in [-0.2, -0.15) is 17.5 Å². The van der Waals surface area contributed by atoms with Gasteiger partial charge in [-0.15, -0.1) is 0 Å². The Kier molecular flexibility index (Phi) is 8.54. The van der Waals surface area contributed by atoms with Gasteiger partial charge in [-0.25, -0.2) is 12.8 Å². The van der Waals surface area contributed by atoms with Gasteiger partial charge < -0.3 is 14.1 Å². The normalized spacial score (nSPS) is 16.2. The van der Waals surface area contributed by atoms with Crippen molar-refractivity contribution in [2.24, 2.45) is 0 Å². The molecule has 0 N–H and O–H groups in total. The fraction of sp³-hybridized carbons (Fsp3) is 0.346. The van der Waals surface area contributed by atoms with E-state index < -0.39 is 51.0 Å². The maximum Gasteiger partial charge on any atom is 0.416 e. The average molecular weight is 555 g/mol. The third kappa shape index (κ3) is 7.00. The van der Waals surface area contributed by atoms with E-state index in [1.807, 2.05) is 0 Å². The van der Waals surface area contributed by atoms with Crippen molar-refractivity contribution in [2.75, 3.05) is 19.7 Å². The van der Waals surface area contributed by atoms with E-state index in [0.29, 0.717) is 36.8 Å². The van der Waals surface area contributed by atoms with Gasteiger partial charge in [-0.1, -0.05) is 18.2 Å². The van der Waals surface area contributed by atoms with Gasteiger partial charge >= 0.3 is 6.18 Å². The molecule has 7 nitrogen and oxygen atoms in total. The molecule has 1 amide bonds. The van der Waals surface area contributed by atoms with Gasteiger partial charge in [-0.3, -0.25) is 4.79 Å². The zero-order valence-electron chi connectivity index (χ0n) is 20.2. The third-order valence-electron chi connectivity index (χ3n) is 6.11. The van der Waals surface area contributed by atoms with Gasteiger partial charge in [0.25, 0.3) is 0 Å². The lowest BCUT2D eigenvalue weighted by Gasteiger charge is -2.28. The van der Waals surface area contributed by atoms with Crippen LogP contribution in [0.4, 0.5) is 17.6 Å². The zero-order valence-corrected chi connectivity index (χ0v) is 21.1. The molecule has 1 saturated heterocycles. The minimum Gasteiger partial charge on any atom is -0.467 e. The number of carbonyl (C=O) groups is 1. The van der Waals surface area contributed by atoms with Gasteiger partial charge in [0.1, 0.15) is 11.6 Å². The lowest BCUT2D eigenvalue weighted by Crippen LogP contribution is -2.45. The minimum atomic E-state index is -4.74. The van der Waals surface area contributed by atoms with Crippen LogP contribution in [-0.4, -0.2) is 49.3 Å². The van der Waals surface area contributed by atoms with Crippen LogP contribution in [0.25, 0.3) is 0 Å². The summed E-state index contributed by atoms with van der Waals surface area (Å²) in [5.74, 6) is -0.626. The number of halogens is 4. The maximum atomic E-state index is 13.5. The average Bonchev–Trinajstić information content (AvgIpc) is 3.58. The van der Waals surface area contributed by atoms with Gasteiger partial charge in [0, 0.05) is 19.7 Å². The molecule has 1 atom stereocenters. The molecule has 2 aromatic carbocycles. The van der Waals surface area contributed by atoms with Crippen LogP contribution in [0.2, 0.25) is 0 Å². The Balaban J connectivity index is 1.63. The summed E-state index contributed by atoms with van der Waals surface area (Å²) < 4.78 is 92.1. The molecule has 0 radical (unpaired) electrons. The number of carbonyl (C=O) groups excluding carboxylic acids is 1. The molecule has 0 bridgehead atoms. The second-order valence-corrected chi connectivity index (χ2v) is 10.9. The van der Waals surface area contributed by atoms with Crippen molar-refractivity contribution in [1.82, 2.24) is 9.21 Å². The van der Waals surface area contributed by atoms with Crippen LogP contribution >= 0.6 is 0 Å². The zero-order chi connectivity index (χ0) is 27.3. The molecule has 204 valence electrons. The summed E-state index contributed by atoms with van der Waals surface area (Å²) in [6.07, 6.45) is -2.56. The molecule has 12 heteroatoms. The molecule has 1 unspecified atom stereocenters. The van der Waals surface area contributed by atoms with Crippen molar-refractivity contribution in [3.8, 4) is 0 Å². The third-order valence-corrected chi connectivity index (χ3v) is 7.92. The van der Waals surface area contributed by atoms with Crippen LogP contribution in [0.15, 0.2) is 76.2 Å². The van der Waals surface area contributed by atoms with E-state index in [0.717, 1.165) is 22.5 Å². The van der Waals surface area contributed by atoms with Crippen molar-refractivity contribution in [2.45, 2.75) is 43.1 Å². The Morgan fingerprint density at radius 1 is 1.03 bits per heavy atom. The molecule has 1 fully saturated rings. The van der Waals surface area contributed by atoms with Crippen LogP contribution in [-0.2, 0) is 38.8 Å². The summed E-state index contributed by atoms with van der Waals surface area (Å²) >= 11 is 0. The van der Waals surface area contributed by atoms with E-state index in [4.69, 9.17) is 9.15 Å². The topological polar surface area (TPSA) is 80.1 Å². The molecule has 4 rings (SSSR count). The summed E-state index contributed by atoms with van der Waals surface area (Å²) in [7, 11) is -4.51. The van der Waals surface area contributed by atoms with Crippen LogP contribution < -0.4 is 0 Å². The van der Waals surface area contributed by atoms with Gasteiger partial charge in [0.05, 0.1) is 35.9 Å². The molecule has 1 aliphatic rings. The second kappa shape index (κ2) is 11.7. The van der Waals surface area contributed by atoms with Crippen LogP contribution in [0.1, 0.15) is 29.7 Å². The number of ether oxygens (including phenoxy) is 1. The number of alkyl halides is 3. The molecular formula is C26H26F4N2O5S. The van der Waals surface area contributed by atoms with E-state index in [1.165, 1.54) is 35.4 Å².